The van der Waals surface area contributed by atoms with Crippen LogP contribution in [0.3, 0.4) is 0 Å². The Morgan fingerprint density at radius 3 is 2.80 bits per heavy atom. The maximum atomic E-state index is 13.1. The monoisotopic (exact) mass is 211 g/mol. The van der Waals surface area contributed by atoms with Gasteiger partial charge in [0.2, 0.25) is 0 Å². The van der Waals surface area contributed by atoms with E-state index < -0.39 is 0 Å². The van der Waals surface area contributed by atoms with Crippen molar-refractivity contribution in [2.45, 2.75) is 32.7 Å². The predicted octanol–water partition coefficient (Wildman–Crippen LogP) is 2.64. The minimum Gasteiger partial charge on any atom is -0.492 e. The highest BCUT2D eigenvalue weighted by Gasteiger charge is 2.04. The molecule has 15 heavy (non-hydrogen) atoms. The zero-order valence-electron chi connectivity index (χ0n) is 9.29. The molecule has 84 valence electrons. The molecular formula is C12H18FNO. The van der Waals surface area contributed by atoms with Gasteiger partial charge in [-0.15, -0.1) is 0 Å². The summed E-state index contributed by atoms with van der Waals surface area (Å²) >= 11 is 0. The van der Waals surface area contributed by atoms with Crippen molar-refractivity contribution in [3.05, 3.63) is 29.6 Å². The van der Waals surface area contributed by atoms with Gasteiger partial charge in [-0.1, -0.05) is 19.4 Å². The average Bonchev–Trinajstić information content (AvgIpc) is 2.20. The molecule has 0 saturated heterocycles. The van der Waals surface area contributed by atoms with Crippen LogP contribution in [-0.4, -0.2) is 12.6 Å². The molecule has 0 radical (unpaired) electrons. The largest absolute Gasteiger partial charge is 0.492 e. The minimum atomic E-state index is -0.239. The highest BCUT2D eigenvalue weighted by molar-refractivity contribution is 5.27. The molecule has 1 unspecified atom stereocenters. The first-order chi connectivity index (χ1) is 7.13. The number of aryl methyl sites for hydroxylation is 1. The summed E-state index contributed by atoms with van der Waals surface area (Å²) in [6.07, 6.45) is 1.96. The summed E-state index contributed by atoms with van der Waals surface area (Å²) in [5, 5.41) is 0. The van der Waals surface area contributed by atoms with E-state index in [1.54, 1.807) is 19.1 Å². The average molecular weight is 211 g/mol. The fourth-order valence-corrected chi connectivity index (χ4v) is 1.32. The number of hydrogen-bond donors (Lipinski definition) is 1. The molecule has 1 atom stereocenters. The van der Waals surface area contributed by atoms with Gasteiger partial charge in [0, 0.05) is 12.1 Å². The summed E-state index contributed by atoms with van der Waals surface area (Å²) in [7, 11) is 0. The lowest BCUT2D eigenvalue weighted by Gasteiger charge is -2.12. The third kappa shape index (κ3) is 3.88. The lowest BCUT2D eigenvalue weighted by Crippen LogP contribution is -2.27. The van der Waals surface area contributed by atoms with Gasteiger partial charge in [0.1, 0.15) is 18.2 Å². The smallest absolute Gasteiger partial charge is 0.129 e. The third-order valence-electron chi connectivity index (χ3n) is 2.27. The molecule has 1 rings (SSSR count). The lowest BCUT2D eigenvalue weighted by atomic mass is 10.2. The molecule has 0 aliphatic carbocycles. The molecule has 0 aliphatic heterocycles. The Kier molecular flexibility index (Phi) is 4.56. The molecule has 1 aromatic rings. The summed E-state index contributed by atoms with van der Waals surface area (Å²) in [5.74, 6) is 0.307. The van der Waals surface area contributed by atoms with Crippen LogP contribution in [0.25, 0.3) is 0 Å². The summed E-state index contributed by atoms with van der Waals surface area (Å²) in [6.45, 7) is 4.24. The third-order valence-corrected chi connectivity index (χ3v) is 2.27. The molecule has 2 N–H and O–H groups in total. The van der Waals surface area contributed by atoms with Gasteiger partial charge >= 0.3 is 0 Å². The Morgan fingerprint density at radius 1 is 1.47 bits per heavy atom. The molecule has 0 aliphatic rings. The highest BCUT2D eigenvalue weighted by Crippen LogP contribution is 2.16. The van der Waals surface area contributed by atoms with E-state index in [0.29, 0.717) is 17.9 Å². The fraction of sp³-hybridized carbons (Fsp3) is 0.500. The molecule has 3 heteroatoms. The Morgan fingerprint density at radius 2 is 2.20 bits per heavy atom. The Balaban J connectivity index is 2.47. The number of hydrogen-bond acceptors (Lipinski definition) is 2. The van der Waals surface area contributed by atoms with Gasteiger partial charge in [-0.2, -0.15) is 0 Å². The maximum absolute atomic E-state index is 13.1. The summed E-state index contributed by atoms with van der Waals surface area (Å²) < 4.78 is 18.5. The second kappa shape index (κ2) is 5.71. The number of halogens is 1. The van der Waals surface area contributed by atoms with Gasteiger partial charge in [-0.05, 0) is 25.0 Å². The summed E-state index contributed by atoms with van der Waals surface area (Å²) in [4.78, 5) is 0. The standard InChI is InChI=1S/C12H18FNO/c1-3-4-10(14)8-15-11-6-5-9(2)12(13)7-11/h5-7,10H,3-4,8,14H2,1-2H3. The van der Waals surface area contributed by atoms with Crippen LogP contribution in [0.2, 0.25) is 0 Å². The van der Waals surface area contributed by atoms with Crippen molar-refractivity contribution in [3.63, 3.8) is 0 Å². The normalized spacial score (nSPS) is 12.5. The van der Waals surface area contributed by atoms with Crippen LogP contribution in [0.1, 0.15) is 25.3 Å². The van der Waals surface area contributed by atoms with Crippen LogP contribution in [0.5, 0.6) is 5.75 Å². The molecule has 0 heterocycles. The van der Waals surface area contributed by atoms with E-state index in [1.807, 2.05) is 0 Å². The molecule has 1 aromatic carbocycles. The predicted molar refractivity (Wildman–Crippen MR) is 59.5 cm³/mol. The molecule has 0 saturated carbocycles. The number of rotatable bonds is 5. The van der Waals surface area contributed by atoms with Gasteiger partial charge in [0.25, 0.3) is 0 Å². The maximum Gasteiger partial charge on any atom is 0.129 e. The van der Waals surface area contributed by atoms with Crippen molar-refractivity contribution in [2.75, 3.05) is 6.61 Å². The van der Waals surface area contributed by atoms with Crippen LogP contribution in [-0.2, 0) is 0 Å². The highest BCUT2D eigenvalue weighted by atomic mass is 19.1. The second-order valence-corrected chi connectivity index (χ2v) is 3.77. The molecule has 0 fully saturated rings. The Labute approximate surface area is 90.2 Å². The van der Waals surface area contributed by atoms with E-state index in [-0.39, 0.29) is 11.9 Å². The van der Waals surface area contributed by atoms with Crippen molar-refractivity contribution >= 4 is 0 Å². The van der Waals surface area contributed by atoms with E-state index in [2.05, 4.69) is 6.92 Å². The molecule has 0 spiro atoms. The van der Waals surface area contributed by atoms with E-state index in [9.17, 15) is 4.39 Å². The van der Waals surface area contributed by atoms with Gasteiger partial charge in [0.05, 0.1) is 0 Å². The zero-order chi connectivity index (χ0) is 11.3. The van der Waals surface area contributed by atoms with Crippen molar-refractivity contribution in [2.24, 2.45) is 5.73 Å². The van der Waals surface area contributed by atoms with E-state index >= 15 is 0 Å². The van der Waals surface area contributed by atoms with Crippen LogP contribution < -0.4 is 10.5 Å². The first kappa shape index (κ1) is 12.0. The van der Waals surface area contributed by atoms with E-state index in [4.69, 9.17) is 10.5 Å². The van der Waals surface area contributed by atoms with Gasteiger partial charge in [-0.3, -0.25) is 0 Å². The minimum absolute atomic E-state index is 0.0272. The van der Waals surface area contributed by atoms with Crippen LogP contribution in [0, 0.1) is 12.7 Å². The quantitative estimate of drug-likeness (QED) is 0.812. The Hall–Kier alpha value is -1.09. The SMILES string of the molecule is CCCC(N)COc1ccc(C)c(F)c1. The lowest BCUT2D eigenvalue weighted by molar-refractivity contribution is 0.280. The first-order valence-corrected chi connectivity index (χ1v) is 5.28. The van der Waals surface area contributed by atoms with Crippen LogP contribution in [0.4, 0.5) is 4.39 Å². The van der Waals surface area contributed by atoms with E-state index in [0.717, 1.165) is 12.8 Å². The topological polar surface area (TPSA) is 35.2 Å². The Bertz CT molecular complexity index is 314. The summed E-state index contributed by atoms with van der Waals surface area (Å²) in [6, 6.07) is 4.89. The van der Waals surface area contributed by atoms with Gasteiger partial charge in [-0.25, -0.2) is 4.39 Å². The summed E-state index contributed by atoms with van der Waals surface area (Å²) in [5.41, 5.74) is 6.41. The molecule has 2 nitrogen and oxygen atoms in total. The number of nitrogens with two attached hydrogens (primary N) is 1. The van der Waals surface area contributed by atoms with Crippen LogP contribution >= 0.6 is 0 Å². The first-order valence-electron chi connectivity index (χ1n) is 5.28. The zero-order valence-corrected chi connectivity index (χ0v) is 9.29. The van der Waals surface area contributed by atoms with Crippen LogP contribution in [0.15, 0.2) is 18.2 Å². The molecule has 0 amide bonds. The number of ether oxygens (including phenoxy) is 1. The van der Waals surface area contributed by atoms with Crippen molar-refractivity contribution in [1.29, 1.82) is 0 Å². The van der Waals surface area contributed by atoms with Gasteiger partial charge in [0.15, 0.2) is 0 Å². The van der Waals surface area contributed by atoms with Crippen molar-refractivity contribution in [1.82, 2.24) is 0 Å². The van der Waals surface area contributed by atoms with Gasteiger partial charge < -0.3 is 10.5 Å². The van der Waals surface area contributed by atoms with Crippen molar-refractivity contribution in [3.8, 4) is 5.75 Å². The van der Waals surface area contributed by atoms with E-state index in [1.165, 1.54) is 6.07 Å². The number of benzene rings is 1. The fourth-order valence-electron chi connectivity index (χ4n) is 1.32. The second-order valence-electron chi connectivity index (χ2n) is 3.77. The molecule has 0 bridgehead atoms. The molecular weight excluding hydrogens is 193 g/mol. The molecule has 0 aromatic heterocycles. The van der Waals surface area contributed by atoms with Crippen molar-refractivity contribution < 1.29 is 9.13 Å².